The van der Waals surface area contributed by atoms with Crippen LogP contribution in [0.4, 0.5) is 0 Å². The van der Waals surface area contributed by atoms with Crippen LogP contribution in [-0.4, -0.2) is 18.4 Å². The Hall–Kier alpha value is -0.860. The average molecular weight is 485 g/mol. The molecule has 35 heavy (non-hydrogen) atoms. The van der Waals surface area contributed by atoms with Crippen molar-refractivity contribution in [3.63, 3.8) is 0 Å². The van der Waals surface area contributed by atoms with Crippen LogP contribution in [0.3, 0.4) is 0 Å². The van der Waals surface area contributed by atoms with Crippen molar-refractivity contribution in [2.75, 3.05) is 0 Å². The monoisotopic (exact) mass is 484 g/mol. The van der Waals surface area contributed by atoms with E-state index in [1.54, 1.807) is 6.92 Å². The van der Waals surface area contributed by atoms with E-state index in [9.17, 15) is 9.59 Å². The van der Waals surface area contributed by atoms with Crippen molar-refractivity contribution in [1.82, 2.24) is 0 Å². The summed E-state index contributed by atoms with van der Waals surface area (Å²) in [5.41, 5.74) is 1.07. The molecule has 0 spiro atoms. The summed E-state index contributed by atoms with van der Waals surface area (Å²) in [6.07, 6.45) is 14.7. The van der Waals surface area contributed by atoms with E-state index in [1.807, 2.05) is 0 Å². The highest BCUT2D eigenvalue weighted by Gasteiger charge is 2.72. The Kier molecular flexibility index (Phi) is 5.76. The number of esters is 1. The van der Waals surface area contributed by atoms with Crippen molar-refractivity contribution >= 4 is 12.3 Å². The lowest BCUT2D eigenvalue weighted by Crippen LogP contribution is -2.69. The summed E-state index contributed by atoms with van der Waals surface area (Å²) in [5.74, 6) is 1.97. The molecule has 3 nitrogen and oxygen atoms in total. The summed E-state index contributed by atoms with van der Waals surface area (Å²) in [7, 11) is 0. The Labute approximate surface area is 214 Å². The first-order valence-corrected chi connectivity index (χ1v) is 14.8. The SMILES string of the molecule is CC(=O)O[C@H]1CC[C@@H]2[C@](C)(CC[C@H]3[C@@]2(C)CC[C@@]2(C)[C@@H]4CC(C)(C)CC[C@]4(C)CC[C@]32C=O)[C@H]1C. The predicted molar refractivity (Wildman–Crippen MR) is 141 cm³/mol. The van der Waals surface area contributed by atoms with Gasteiger partial charge in [-0.15, -0.1) is 0 Å². The predicted octanol–water partition coefficient (Wildman–Crippen LogP) is 8.00. The number of carbonyl (C=O) groups excluding carboxylic acids is 2. The lowest BCUT2D eigenvalue weighted by molar-refractivity contribution is -0.256. The van der Waals surface area contributed by atoms with Gasteiger partial charge in [-0.25, -0.2) is 0 Å². The zero-order chi connectivity index (χ0) is 25.7. The largest absolute Gasteiger partial charge is 0.462 e. The first kappa shape index (κ1) is 25.8. The van der Waals surface area contributed by atoms with Gasteiger partial charge in [0, 0.05) is 12.3 Å². The molecule has 0 aliphatic heterocycles. The highest BCUT2D eigenvalue weighted by molar-refractivity contribution is 5.66. The first-order valence-electron chi connectivity index (χ1n) is 14.8. The van der Waals surface area contributed by atoms with Crippen molar-refractivity contribution in [2.45, 2.75) is 132 Å². The summed E-state index contributed by atoms with van der Waals surface area (Å²) < 4.78 is 5.82. The Morgan fingerprint density at radius 2 is 1.46 bits per heavy atom. The summed E-state index contributed by atoms with van der Waals surface area (Å²) >= 11 is 0. The second-order valence-electron chi connectivity index (χ2n) is 15.8. The van der Waals surface area contributed by atoms with Crippen LogP contribution in [-0.2, 0) is 14.3 Å². The molecule has 5 saturated carbocycles. The number of rotatable bonds is 2. The van der Waals surface area contributed by atoms with Gasteiger partial charge in [0.2, 0.25) is 0 Å². The summed E-state index contributed by atoms with van der Waals surface area (Å²) in [6.45, 7) is 19.0. The second kappa shape index (κ2) is 7.83. The summed E-state index contributed by atoms with van der Waals surface area (Å²) in [6, 6.07) is 0. The molecule has 5 aliphatic carbocycles. The molecule has 5 rings (SSSR count). The van der Waals surface area contributed by atoms with Gasteiger partial charge in [-0.1, -0.05) is 48.5 Å². The van der Waals surface area contributed by atoms with Gasteiger partial charge in [-0.05, 0) is 121 Å². The van der Waals surface area contributed by atoms with Crippen LogP contribution in [0.1, 0.15) is 126 Å². The maximum absolute atomic E-state index is 13.5. The van der Waals surface area contributed by atoms with E-state index in [0.29, 0.717) is 34.5 Å². The summed E-state index contributed by atoms with van der Waals surface area (Å²) in [4.78, 5) is 25.3. The van der Waals surface area contributed by atoms with E-state index in [-0.39, 0.29) is 33.7 Å². The zero-order valence-electron chi connectivity index (χ0n) is 24.0. The molecule has 10 atom stereocenters. The normalized spacial score (nSPS) is 54.9. The Morgan fingerprint density at radius 1 is 0.771 bits per heavy atom. The number of aldehydes is 1. The van der Waals surface area contributed by atoms with Crippen LogP contribution in [0.2, 0.25) is 0 Å². The minimum absolute atomic E-state index is 0.0441. The summed E-state index contributed by atoms with van der Waals surface area (Å²) in [5, 5.41) is 0. The van der Waals surface area contributed by atoms with E-state index in [2.05, 4.69) is 48.5 Å². The molecule has 0 unspecified atom stereocenters. The minimum Gasteiger partial charge on any atom is -0.462 e. The molecule has 0 radical (unpaired) electrons. The number of carbonyl (C=O) groups is 2. The molecule has 0 heterocycles. The molecule has 3 heteroatoms. The molecule has 0 saturated heterocycles. The molecule has 0 N–H and O–H groups in total. The lowest BCUT2D eigenvalue weighted by Gasteiger charge is -2.74. The van der Waals surface area contributed by atoms with Crippen LogP contribution in [0, 0.1) is 56.2 Å². The van der Waals surface area contributed by atoms with Gasteiger partial charge in [0.1, 0.15) is 12.4 Å². The van der Waals surface area contributed by atoms with Crippen molar-refractivity contribution < 1.29 is 14.3 Å². The standard InChI is InChI=1S/C32H52O3/c1-21-23(35-22(2)34)9-10-24-29(21,6)12-11-25-30(24,7)16-17-31(8)26-19-27(3,4)13-14-28(26,5)15-18-32(25,31)20-33/h20-21,23-26H,9-19H2,1-8H3/t21-,23-,24+,25-,26+,28+,29+,30-,31-,32-/m0/s1. The Morgan fingerprint density at radius 3 is 2.11 bits per heavy atom. The fourth-order valence-electron chi connectivity index (χ4n) is 11.6. The third-order valence-corrected chi connectivity index (χ3v) is 13.9. The third-order valence-electron chi connectivity index (χ3n) is 13.9. The van der Waals surface area contributed by atoms with E-state index in [1.165, 1.54) is 44.8 Å². The van der Waals surface area contributed by atoms with Gasteiger partial charge in [-0.3, -0.25) is 4.79 Å². The van der Waals surface area contributed by atoms with Crippen LogP contribution in [0.25, 0.3) is 0 Å². The fourth-order valence-corrected chi connectivity index (χ4v) is 11.6. The number of fused-ring (bicyclic) bond motifs is 7. The highest BCUT2D eigenvalue weighted by atomic mass is 16.5. The third kappa shape index (κ3) is 3.34. The number of hydrogen-bond acceptors (Lipinski definition) is 3. The average Bonchev–Trinajstić information content (AvgIpc) is 2.78. The van der Waals surface area contributed by atoms with Crippen molar-refractivity contribution in [3.05, 3.63) is 0 Å². The van der Waals surface area contributed by atoms with Crippen LogP contribution < -0.4 is 0 Å². The molecule has 0 aromatic rings. The number of ether oxygens (including phenoxy) is 1. The molecule has 198 valence electrons. The molecule has 0 aromatic carbocycles. The minimum atomic E-state index is -0.186. The molecular formula is C32H52O3. The quantitative estimate of drug-likeness (QED) is 0.294. The van der Waals surface area contributed by atoms with Crippen LogP contribution in [0.5, 0.6) is 0 Å². The van der Waals surface area contributed by atoms with Gasteiger partial charge in [-0.2, -0.15) is 0 Å². The van der Waals surface area contributed by atoms with Gasteiger partial charge >= 0.3 is 5.97 Å². The molecule has 0 aromatic heterocycles. The van der Waals surface area contributed by atoms with E-state index in [4.69, 9.17) is 4.74 Å². The molecule has 0 bridgehead atoms. The molecule has 5 fully saturated rings. The number of hydrogen-bond donors (Lipinski definition) is 0. The zero-order valence-corrected chi connectivity index (χ0v) is 24.0. The topological polar surface area (TPSA) is 43.4 Å². The van der Waals surface area contributed by atoms with Gasteiger partial charge in [0.25, 0.3) is 0 Å². The maximum Gasteiger partial charge on any atom is 0.302 e. The van der Waals surface area contributed by atoms with Crippen LogP contribution >= 0.6 is 0 Å². The van der Waals surface area contributed by atoms with Crippen molar-refractivity contribution in [3.8, 4) is 0 Å². The smallest absolute Gasteiger partial charge is 0.302 e. The van der Waals surface area contributed by atoms with Crippen molar-refractivity contribution in [1.29, 1.82) is 0 Å². The second-order valence-corrected chi connectivity index (χ2v) is 15.8. The Balaban J connectivity index is 1.53. The van der Waals surface area contributed by atoms with Crippen LogP contribution in [0.15, 0.2) is 0 Å². The molecule has 0 amide bonds. The molecule has 5 aliphatic rings. The van der Waals surface area contributed by atoms with E-state index >= 15 is 0 Å². The first-order chi connectivity index (χ1) is 16.2. The van der Waals surface area contributed by atoms with Crippen molar-refractivity contribution in [2.24, 2.45) is 56.2 Å². The van der Waals surface area contributed by atoms with Gasteiger partial charge in [0.05, 0.1) is 0 Å². The maximum atomic E-state index is 13.5. The lowest BCUT2D eigenvalue weighted by atomic mass is 9.30. The molecular weight excluding hydrogens is 432 g/mol. The van der Waals surface area contributed by atoms with Gasteiger partial charge in [0.15, 0.2) is 0 Å². The highest BCUT2D eigenvalue weighted by Crippen LogP contribution is 2.78. The Bertz CT molecular complexity index is 893. The fraction of sp³-hybridized carbons (Fsp3) is 0.938. The van der Waals surface area contributed by atoms with Gasteiger partial charge < -0.3 is 9.53 Å². The van der Waals surface area contributed by atoms with E-state index in [0.717, 1.165) is 32.1 Å². The van der Waals surface area contributed by atoms with E-state index < -0.39 is 0 Å².